The molecule has 4 saturated carbocycles. The quantitative estimate of drug-likeness (QED) is 0.572. The molecular formula is C27H44O2. The van der Waals surface area contributed by atoms with E-state index < -0.39 is 11.2 Å². The summed E-state index contributed by atoms with van der Waals surface area (Å²) in [6, 6.07) is 0. The van der Waals surface area contributed by atoms with Gasteiger partial charge in [0.1, 0.15) is 5.60 Å². The maximum atomic E-state index is 10.7. The van der Waals surface area contributed by atoms with Crippen LogP contribution in [0.3, 0.4) is 0 Å². The van der Waals surface area contributed by atoms with Crippen molar-refractivity contribution in [1.29, 1.82) is 0 Å². The highest BCUT2D eigenvalue weighted by molar-refractivity contribution is 5.10. The molecule has 0 radical (unpaired) electrons. The molecule has 0 saturated heterocycles. The summed E-state index contributed by atoms with van der Waals surface area (Å²) in [4.78, 5) is 0. The molecule has 0 bridgehead atoms. The van der Waals surface area contributed by atoms with Crippen molar-refractivity contribution in [2.75, 3.05) is 0 Å². The molecule has 0 spiro atoms. The van der Waals surface area contributed by atoms with Crippen LogP contribution in [0.4, 0.5) is 0 Å². The summed E-state index contributed by atoms with van der Waals surface area (Å²) in [6.45, 7) is 9.03. The van der Waals surface area contributed by atoms with Crippen molar-refractivity contribution in [1.82, 2.24) is 0 Å². The fourth-order valence-corrected chi connectivity index (χ4v) is 8.78. The maximum Gasteiger partial charge on any atom is 0.122 e. The van der Waals surface area contributed by atoms with E-state index in [0.29, 0.717) is 10.8 Å². The molecule has 2 N–H and O–H groups in total. The third kappa shape index (κ3) is 3.70. The van der Waals surface area contributed by atoms with Gasteiger partial charge >= 0.3 is 0 Å². The molecule has 0 amide bonds. The first-order valence-electron chi connectivity index (χ1n) is 12.4. The fourth-order valence-electron chi connectivity index (χ4n) is 8.78. The van der Waals surface area contributed by atoms with Gasteiger partial charge in [-0.15, -0.1) is 6.42 Å². The van der Waals surface area contributed by atoms with Crippen molar-refractivity contribution in [2.24, 2.45) is 40.4 Å². The normalized spacial score (nSPS) is 51.3. The Hall–Kier alpha value is -0.520. The SMILES string of the molecule is C#CC(C)(O)CCCC1CCC2C3CCC4CC(C)(O)CCC4(C)C3CCC12C. The molecule has 0 heterocycles. The lowest BCUT2D eigenvalue weighted by Gasteiger charge is -2.62. The zero-order valence-corrected chi connectivity index (χ0v) is 19.3. The van der Waals surface area contributed by atoms with Crippen molar-refractivity contribution in [3.8, 4) is 12.3 Å². The van der Waals surface area contributed by atoms with E-state index in [9.17, 15) is 10.2 Å². The average molecular weight is 401 g/mol. The van der Waals surface area contributed by atoms with E-state index >= 15 is 0 Å². The van der Waals surface area contributed by atoms with E-state index in [2.05, 4.69) is 26.7 Å². The van der Waals surface area contributed by atoms with Gasteiger partial charge in [-0.05, 0) is 131 Å². The van der Waals surface area contributed by atoms with Crippen LogP contribution in [0.25, 0.3) is 0 Å². The van der Waals surface area contributed by atoms with Gasteiger partial charge in [0.05, 0.1) is 5.60 Å². The summed E-state index contributed by atoms with van der Waals surface area (Å²) >= 11 is 0. The number of rotatable bonds is 4. The van der Waals surface area contributed by atoms with Gasteiger partial charge < -0.3 is 10.2 Å². The van der Waals surface area contributed by atoms with Crippen LogP contribution in [0.2, 0.25) is 0 Å². The molecule has 4 fully saturated rings. The van der Waals surface area contributed by atoms with Crippen molar-refractivity contribution in [3.63, 3.8) is 0 Å². The Morgan fingerprint density at radius 3 is 2.41 bits per heavy atom. The van der Waals surface area contributed by atoms with Crippen LogP contribution in [0.1, 0.15) is 105 Å². The predicted octanol–water partition coefficient (Wildman–Crippen LogP) is 5.95. The monoisotopic (exact) mass is 400 g/mol. The van der Waals surface area contributed by atoms with Crippen molar-refractivity contribution < 1.29 is 10.2 Å². The molecule has 4 rings (SSSR count). The average Bonchev–Trinajstić information content (AvgIpc) is 2.99. The summed E-state index contributed by atoms with van der Waals surface area (Å²) in [5.41, 5.74) is -0.424. The molecule has 2 heteroatoms. The minimum Gasteiger partial charge on any atom is -0.390 e. The van der Waals surface area contributed by atoms with Gasteiger partial charge in [0, 0.05) is 0 Å². The van der Waals surface area contributed by atoms with E-state index in [0.717, 1.165) is 55.3 Å². The number of hydrogen-bond acceptors (Lipinski definition) is 2. The highest BCUT2D eigenvalue weighted by Gasteiger charge is 2.60. The van der Waals surface area contributed by atoms with Crippen LogP contribution in [-0.2, 0) is 0 Å². The van der Waals surface area contributed by atoms with Gasteiger partial charge in [0.15, 0.2) is 0 Å². The minimum atomic E-state index is -0.939. The second-order valence-corrected chi connectivity index (χ2v) is 12.5. The summed E-state index contributed by atoms with van der Waals surface area (Å²) in [7, 11) is 0. The molecule has 4 aliphatic carbocycles. The molecule has 29 heavy (non-hydrogen) atoms. The van der Waals surface area contributed by atoms with E-state index in [1.807, 2.05) is 0 Å². The van der Waals surface area contributed by atoms with Gasteiger partial charge in [0.2, 0.25) is 0 Å². The minimum absolute atomic E-state index is 0.432. The molecule has 9 atom stereocenters. The first kappa shape index (κ1) is 21.7. The third-order valence-electron chi connectivity index (χ3n) is 10.7. The van der Waals surface area contributed by atoms with Gasteiger partial charge in [-0.1, -0.05) is 19.8 Å². The van der Waals surface area contributed by atoms with Crippen molar-refractivity contribution in [2.45, 2.75) is 116 Å². The number of aliphatic hydroxyl groups is 2. The number of fused-ring (bicyclic) bond motifs is 5. The lowest BCUT2D eigenvalue weighted by Crippen LogP contribution is -2.55. The van der Waals surface area contributed by atoms with Crippen LogP contribution < -0.4 is 0 Å². The first-order chi connectivity index (χ1) is 13.5. The molecule has 4 aliphatic rings. The molecule has 2 nitrogen and oxygen atoms in total. The predicted molar refractivity (Wildman–Crippen MR) is 119 cm³/mol. The molecular weight excluding hydrogens is 356 g/mol. The second kappa shape index (κ2) is 7.27. The molecule has 9 unspecified atom stereocenters. The van der Waals surface area contributed by atoms with Crippen LogP contribution in [0.15, 0.2) is 0 Å². The Balaban J connectivity index is 1.45. The van der Waals surface area contributed by atoms with Crippen LogP contribution in [-0.4, -0.2) is 21.4 Å². The molecule has 0 aromatic carbocycles. The molecule has 0 aromatic rings. The Morgan fingerprint density at radius 1 is 0.966 bits per heavy atom. The van der Waals surface area contributed by atoms with E-state index in [1.165, 1.54) is 51.4 Å². The van der Waals surface area contributed by atoms with E-state index in [1.54, 1.807) is 6.92 Å². The Morgan fingerprint density at radius 2 is 1.69 bits per heavy atom. The second-order valence-electron chi connectivity index (χ2n) is 12.5. The van der Waals surface area contributed by atoms with Gasteiger partial charge in [-0.25, -0.2) is 0 Å². The maximum absolute atomic E-state index is 10.7. The summed E-state index contributed by atoms with van der Waals surface area (Å²) in [5, 5.41) is 20.8. The molecule has 164 valence electrons. The Bertz CT molecular complexity index is 658. The fraction of sp³-hybridized carbons (Fsp3) is 0.926. The van der Waals surface area contributed by atoms with Crippen molar-refractivity contribution in [3.05, 3.63) is 0 Å². The summed E-state index contributed by atoms with van der Waals surface area (Å²) in [6.07, 6.45) is 20.0. The van der Waals surface area contributed by atoms with Gasteiger partial charge in [-0.3, -0.25) is 0 Å². The number of hydrogen-bond donors (Lipinski definition) is 2. The van der Waals surface area contributed by atoms with Crippen LogP contribution in [0.5, 0.6) is 0 Å². The highest BCUT2D eigenvalue weighted by atomic mass is 16.3. The van der Waals surface area contributed by atoms with Crippen LogP contribution >= 0.6 is 0 Å². The third-order valence-corrected chi connectivity index (χ3v) is 10.7. The zero-order chi connectivity index (χ0) is 21.1. The largest absolute Gasteiger partial charge is 0.390 e. The standard InChI is InChI=1S/C27H44O2/c1-6-24(2,28)14-7-8-19-10-12-22-21-11-9-20-18-25(3,29)16-17-27(20,5)23(21)13-15-26(19,22)4/h1,19-23,28-29H,7-18H2,2-5H3. The summed E-state index contributed by atoms with van der Waals surface area (Å²) < 4.78 is 0. The highest BCUT2D eigenvalue weighted by Crippen LogP contribution is 2.68. The zero-order valence-electron chi connectivity index (χ0n) is 19.3. The van der Waals surface area contributed by atoms with Crippen molar-refractivity contribution >= 4 is 0 Å². The van der Waals surface area contributed by atoms with Gasteiger partial charge in [-0.2, -0.15) is 0 Å². The first-order valence-corrected chi connectivity index (χ1v) is 12.4. The molecule has 0 aliphatic heterocycles. The lowest BCUT2D eigenvalue weighted by atomic mass is 9.44. The van der Waals surface area contributed by atoms with E-state index in [4.69, 9.17) is 6.42 Å². The van der Waals surface area contributed by atoms with Gasteiger partial charge in [0.25, 0.3) is 0 Å². The Labute approximate surface area is 179 Å². The smallest absolute Gasteiger partial charge is 0.122 e. The summed E-state index contributed by atoms with van der Waals surface area (Å²) in [5.74, 6) is 6.73. The van der Waals surface area contributed by atoms with Crippen LogP contribution in [0, 0.1) is 52.8 Å². The number of terminal acetylenes is 1. The lowest BCUT2D eigenvalue weighted by molar-refractivity contribution is -0.146. The topological polar surface area (TPSA) is 40.5 Å². The molecule has 0 aromatic heterocycles. The van der Waals surface area contributed by atoms with E-state index in [-0.39, 0.29) is 0 Å². The Kier molecular flexibility index (Phi) is 5.44.